The van der Waals surface area contributed by atoms with E-state index in [4.69, 9.17) is 28.3 Å². The van der Waals surface area contributed by atoms with Gasteiger partial charge in [0.25, 0.3) is 5.91 Å². The molecule has 5 rings (SSSR count). The molecule has 6 heteroatoms. The van der Waals surface area contributed by atoms with Crippen molar-refractivity contribution in [2.24, 2.45) is 11.0 Å². The first-order valence-electron chi connectivity index (χ1n) is 10.9. The van der Waals surface area contributed by atoms with Gasteiger partial charge in [0.2, 0.25) is 0 Å². The second-order valence-electron chi connectivity index (χ2n) is 8.36. The van der Waals surface area contributed by atoms with Crippen LogP contribution in [-0.2, 0) is 0 Å². The molecule has 2 aliphatic rings. The molecule has 0 unspecified atom stereocenters. The first kappa shape index (κ1) is 22.4. The van der Waals surface area contributed by atoms with Gasteiger partial charge in [-0.25, -0.2) is 5.01 Å². The molecule has 1 saturated carbocycles. The number of halogens is 3. The largest absolute Gasteiger partial charge is 0.274 e. The van der Waals surface area contributed by atoms with E-state index in [0.29, 0.717) is 15.6 Å². The highest BCUT2D eigenvalue weighted by atomic mass is 79.9. The lowest BCUT2D eigenvalue weighted by Crippen LogP contribution is -2.31. The van der Waals surface area contributed by atoms with Gasteiger partial charge in [-0.3, -0.25) is 4.79 Å². The Morgan fingerprint density at radius 3 is 2.39 bits per heavy atom. The Hall–Kier alpha value is -2.40. The lowest BCUT2D eigenvalue weighted by Gasteiger charge is -2.29. The van der Waals surface area contributed by atoms with E-state index in [1.54, 1.807) is 5.01 Å². The average molecular weight is 540 g/mol. The number of fused-ring (bicyclic) bond motifs is 1. The van der Waals surface area contributed by atoms with E-state index in [1.165, 1.54) is 5.57 Å². The molecule has 0 bridgehead atoms. The van der Waals surface area contributed by atoms with Gasteiger partial charge in [-0.1, -0.05) is 69.5 Å². The van der Waals surface area contributed by atoms with Crippen LogP contribution >= 0.6 is 39.1 Å². The highest BCUT2D eigenvalue weighted by Gasteiger charge is 2.43. The zero-order valence-electron chi connectivity index (χ0n) is 17.7. The van der Waals surface area contributed by atoms with Gasteiger partial charge >= 0.3 is 0 Å². The van der Waals surface area contributed by atoms with Crippen molar-refractivity contribution in [2.45, 2.75) is 25.3 Å². The van der Waals surface area contributed by atoms with Crippen molar-refractivity contribution in [1.29, 1.82) is 0 Å². The molecule has 0 spiro atoms. The summed E-state index contributed by atoms with van der Waals surface area (Å²) in [6.07, 6.45) is 5.13. The first-order chi connectivity index (χ1) is 16.0. The summed E-state index contributed by atoms with van der Waals surface area (Å²) < 4.78 is 0.865. The van der Waals surface area contributed by atoms with E-state index in [-0.39, 0.29) is 17.9 Å². The molecule has 166 valence electrons. The monoisotopic (exact) mass is 538 g/mol. The molecule has 0 radical (unpaired) electrons. The number of amides is 1. The van der Waals surface area contributed by atoms with Gasteiger partial charge in [0.05, 0.1) is 11.8 Å². The molecule has 2 atom stereocenters. The predicted octanol–water partition coefficient (Wildman–Crippen LogP) is 8.19. The predicted molar refractivity (Wildman–Crippen MR) is 139 cm³/mol. The Balaban J connectivity index is 1.58. The van der Waals surface area contributed by atoms with Gasteiger partial charge in [-0.2, -0.15) is 5.10 Å². The standard InChI is InChI=1S/C27H21BrCl2N2O/c28-21-5-1-4-20(16-21)27(33)32-26(18-9-13-23(30)14-10-18)24-6-2-3-19(25(24)31-32)15-17-7-11-22(29)12-8-17/h1,4-5,7-16,24,26H,2-3,6H2/b19-15-/t24-,26-/m1/s1. The van der Waals surface area contributed by atoms with Crippen molar-refractivity contribution < 1.29 is 4.79 Å². The van der Waals surface area contributed by atoms with E-state index in [0.717, 1.165) is 40.6 Å². The van der Waals surface area contributed by atoms with Crippen LogP contribution in [0.25, 0.3) is 6.08 Å². The summed E-state index contributed by atoms with van der Waals surface area (Å²) in [5.41, 5.74) is 4.91. The quantitative estimate of drug-likeness (QED) is 0.330. The van der Waals surface area contributed by atoms with Gasteiger partial charge < -0.3 is 0 Å². The summed E-state index contributed by atoms with van der Waals surface area (Å²) in [7, 11) is 0. The van der Waals surface area contributed by atoms with Crippen molar-refractivity contribution in [3.05, 3.63) is 110 Å². The topological polar surface area (TPSA) is 32.7 Å². The van der Waals surface area contributed by atoms with Crippen LogP contribution in [0.15, 0.2) is 87.9 Å². The molecule has 0 saturated heterocycles. The Bertz CT molecular complexity index is 1250. The number of benzene rings is 3. The molecule has 0 N–H and O–H groups in total. The van der Waals surface area contributed by atoms with Crippen molar-refractivity contribution in [2.75, 3.05) is 0 Å². The number of carbonyl (C=O) groups is 1. The maximum Gasteiger partial charge on any atom is 0.274 e. The number of hydrogen-bond acceptors (Lipinski definition) is 2. The summed E-state index contributed by atoms with van der Waals surface area (Å²) in [5.74, 6) is 0.0265. The molecule has 1 aliphatic carbocycles. The van der Waals surface area contributed by atoms with Gasteiger partial charge in [-0.15, -0.1) is 0 Å². The lowest BCUT2D eigenvalue weighted by atomic mass is 9.77. The summed E-state index contributed by atoms with van der Waals surface area (Å²) in [5, 5.41) is 8.01. The van der Waals surface area contributed by atoms with Crippen LogP contribution in [0.5, 0.6) is 0 Å². The average Bonchev–Trinajstić information content (AvgIpc) is 3.21. The minimum absolute atomic E-state index is 0.107. The molecule has 3 nitrogen and oxygen atoms in total. The first-order valence-corrected chi connectivity index (χ1v) is 12.4. The molecule has 3 aromatic carbocycles. The number of nitrogens with zero attached hydrogens (tertiary/aromatic N) is 2. The third-order valence-corrected chi connectivity index (χ3v) is 7.20. The minimum atomic E-state index is -0.169. The fraction of sp³-hybridized carbons (Fsp3) is 0.185. The molecule has 1 fully saturated rings. The number of carbonyl (C=O) groups excluding carboxylic acids is 1. The maximum absolute atomic E-state index is 13.6. The van der Waals surface area contributed by atoms with E-state index < -0.39 is 0 Å². The van der Waals surface area contributed by atoms with Crippen LogP contribution in [0, 0.1) is 5.92 Å². The summed E-state index contributed by atoms with van der Waals surface area (Å²) in [6, 6.07) is 22.9. The lowest BCUT2D eigenvalue weighted by molar-refractivity contribution is 0.0681. The van der Waals surface area contributed by atoms with E-state index in [9.17, 15) is 4.79 Å². The minimum Gasteiger partial charge on any atom is -0.267 e. The van der Waals surface area contributed by atoms with Crippen LogP contribution in [0.2, 0.25) is 10.0 Å². The van der Waals surface area contributed by atoms with Crippen LogP contribution in [-0.4, -0.2) is 16.6 Å². The highest BCUT2D eigenvalue weighted by Crippen LogP contribution is 2.45. The number of rotatable bonds is 3. The van der Waals surface area contributed by atoms with Crippen LogP contribution in [0.4, 0.5) is 0 Å². The highest BCUT2D eigenvalue weighted by molar-refractivity contribution is 9.10. The van der Waals surface area contributed by atoms with Crippen LogP contribution in [0.1, 0.15) is 46.8 Å². The smallest absolute Gasteiger partial charge is 0.267 e. The zero-order valence-corrected chi connectivity index (χ0v) is 20.8. The van der Waals surface area contributed by atoms with Crippen molar-refractivity contribution in [3.8, 4) is 0 Å². The molecule has 3 aromatic rings. The van der Waals surface area contributed by atoms with Crippen molar-refractivity contribution in [1.82, 2.24) is 5.01 Å². The number of allylic oxidation sites excluding steroid dienone is 1. The van der Waals surface area contributed by atoms with E-state index in [1.807, 2.05) is 72.8 Å². The number of hydrazone groups is 1. The molecule has 1 heterocycles. The van der Waals surface area contributed by atoms with Crippen LogP contribution < -0.4 is 0 Å². The van der Waals surface area contributed by atoms with Gasteiger partial charge in [0, 0.05) is 26.0 Å². The fourth-order valence-electron chi connectivity index (χ4n) is 4.68. The molecule has 1 aliphatic heterocycles. The summed E-state index contributed by atoms with van der Waals surface area (Å²) >= 11 is 15.7. The Morgan fingerprint density at radius 1 is 1.00 bits per heavy atom. The van der Waals surface area contributed by atoms with E-state index >= 15 is 0 Å². The van der Waals surface area contributed by atoms with Crippen molar-refractivity contribution >= 4 is 56.8 Å². The van der Waals surface area contributed by atoms with Gasteiger partial charge in [-0.05, 0) is 84.5 Å². The van der Waals surface area contributed by atoms with Crippen molar-refractivity contribution in [3.63, 3.8) is 0 Å². The third-order valence-electron chi connectivity index (χ3n) is 6.20. The second-order valence-corrected chi connectivity index (χ2v) is 10.2. The molecule has 0 aromatic heterocycles. The second kappa shape index (κ2) is 9.46. The summed E-state index contributed by atoms with van der Waals surface area (Å²) in [4.78, 5) is 13.6. The Morgan fingerprint density at radius 2 is 1.70 bits per heavy atom. The molecular formula is C27H21BrCl2N2O. The molecular weight excluding hydrogens is 519 g/mol. The molecule has 1 amide bonds. The van der Waals surface area contributed by atoms with Gasteiger partial charge in [0.1, 0.15) is 0 Å². The Kier molecular flexibility index (Phi) is 6.42. The zero-order chi connectivity index (χ0) is 22.9. The maximum atomic E-state index is 13.6. The Labute approximate surface area is 211 Å². The van der Waals surface area contributed by atoms with E-state index in [2.05, 4.69) is 22.0 Å². The number of hydrogen-bond donors (Lipinski definition) is 0. The fourth-order valence-corrected chi connectivity index (χ4v) is 5.33. The third kappa shape index (κ3) is 4.65. The van der Waals surface area contributed by atoms with Gasteiger partial charge in [0.15, 0.2) is 0 Å². The SMILES string of the molecule is O=C(c1cccc(Br)c1)N1N=C2/C(=C\c3ccc(Cl)cc3)CCC[C@H]2[C@H]1c1ccc(Cl)cc1. The summed E-state index contributed by atoms with van der Waals surface area (Å²) in [6.45, 7) is 0. The molecule has 33 heavy (non-hydrogen) atoms. The normalized spacial score (nSPS) is 21.1. The van der Waals surface area contributed by atoms with Crippen LogP contribution in [0.3, 0.4) is 0 Å².